The van der Waals surface area contributed by atoms with Crippen molar-refractivity contribution in [3.8, 4) is 0 Å². The Morgan fingerprint density at radius 1 is 1.17 bits per heavy atom. The number of aromatic amines is 1. The summed E-state index contributed by atoms with van der Waals surface area (Å²) in [5.74, 6) is -0.177. The molecule has 1 aliphatic rings. The van der Waals surface area contributed by atoms with Crippen molar-refractivity contribution in [1.29, 1.82) is 0 Å². The Bertz CT molecular complexity index is 1050. The first kappa shape index (κ1) is 20.7. The van der Waals surface area contributed by atoms with E-state index >= 15 is 0 Å². The molecule has 30 heavy (non-hydrogen) atoms. The van der Waals surface area contributed by atoms with Crippen molar-refractivity contribution in [2.24, 2.45) is 0 Å². The molecule has 1 aliphatic heterocycles. The SMILES string of the molecule is CCOC(=O)OC1NCc2[nH]c3cccc(Cc4ccccc4Cl)c3c2C1COC. The fourth-order valence-electron chi connectivity index (χ4n) is 4.17. The Morgan fingerprint density at radius 3 is 2.73 bits per heavy atom. The van der Waals surface area contributed by atoms with E-state index in [1.807, 2.05) is 30.3 Å². The minimum absolute atomic E-state index is 0.177. The van der Waals surface area contributed by atoms with Gasteiger partial charge in [-0.15, -0.1) is 0 Å². The highest BCUT2D eigenvalue weighted by Crippen LogP contribution is 2.38. The molecule has 7 heteroatoms. The lowest BCUT2D eigenvalue weighted by Crippen LogP contribution is -2.44. The number of methoxy groups -OCH3 is 1. The average molecular weight is 429 g/mol. The number of hydrogen-bond acceptors (Lipinski definition) is 5. The fourth-order valence-corrected chi connectivity index (χ4v) is 4.37. The van der Waals surface area contributed by atoms with Crippen molar-refractivity contribution in [3.63, 3.8) is 0 Å². The maximum atomic E-state index is 12.0. The van der Waals surface area contributed by atoms with E-state index < -0.39 is 12.4 Å². The van der Waals surface area contributed by atoms with Crippen LogP contribution in [0.25, 0.3) is 10.9 Å². The number of H-pyrrole nitrogens is 1. The molecule has 1 aromatic heterocycles. The van der Waals surface area contributed by atoms with Crippen LogP contribution in [-0.4, -0.2) is 37.7 Å². The van der Waals surface area contributed by atoms with Crippen LogP contribution in [0.4, 0.5) is 4.79 Å². The smallest absolute Gasteiger partial charge is 0.435 e. The number of nitrogens with one attached hydrogen (secondary N) is 2. The summed E-state index contributed by atoms with van der Waals surface area (Å²) in [5.41, 5.74) is 5.46. The van der Waals surface area contributed by atoms with Crippen LogP contribution in [0.5, 0.6) is 0 Å². The monoisotopic (exact) mass is 428 g/mol. The average Bonchev–Trinajstić information content (AvgIpc) is 3.11. The van der Waals surface area contributed by atoms with Crippen LogP contribution in [0.3, 0.4) is 0 Å². The molecule has 0 spiro atoms. The molecule has 6 nitrogen and oxygen atoms in total. The number of ether oxygens (including phenoxy) is 3. The van der Waals surface area contributed by atoms with E-state index in [2.05, 4.69) is 22.4 Å². The summed E-state index contributed by atoms with van der Waals surface area (Å²) in [6, 6.07) is 14.1. The van der Waals surface area contributed by atoms with E-state index in [9.17, 15) is 4.79 Å². The van der Waals surface area contributed by atoms with Crippen LogP contribution >= 0.6 is 11.6 Å². The third-order valence-electron chi connectivity index (χ3n) is 5.42. The van der Waals surface area contributed by atoms with Gasteiger partial charge in [0.1, 0.15) is 0 Å². The Morgan fingerprint density at radius 2 is 1.97 bits per heavy atom. The number of fused-ring (bicyclic) bond motifs is 3. The minimum atomic E-state index is -0.685. The van der Waals surface area contributed by atoms with Gasteiger partial charge in [-0.25, -0.2) is 4.79 Å². The second-order valence-corrected chi connectivity index (χ2v) is 7.70. The lowest BCUT2D eigenvalue weighted by atomic mass is 9.88. The number of hydrogen-bond donors (Lipinski definition) is 2. The summed E-state index contributed by atoms with van der Waals surface area (Å²) >= 11 is 6.42. The van der Waals surface area contributed by atoms with Crippen molar-refractivity contribution >= 4 is 28.7 Å². The Balaban J connectivity index is 1.77. The number of carbonyl (C=O) groups excluding carboxylic acids is 1. The molecule has 2 N–H and O–H groups in total. The zero-order valence-electron chi connectivity index (χ0n) is 17.0. The van der Waals surface area contributed by atoms with Crippen LogP contribution in [0, 0.1) is 0 Å². The van der Waals surface area contributed by atoms with Gasteiger partial charge >= 0.3 is 6.16 Å². The molecule has 0 amide bonds. The van der Waals surface area contributed by atoms with Gasteiger partial charge in [-0.05, 0) is 42.2 Å². The number of aromatic nitrogens is 1. The maximum absolute atomic E-state index is 12.0. The first-order valence-corrected chi connectivity index (χ1v) is 10.4. The molecule has 0 saturated heterocycles. The van der Waals surface area contributed by atoms with Gasteiger partial charge in [-0.2, -0.15) is 0 Å². The summed E-state index contributed by atoms with van der Waals surface area (Å²) in [6.45, 7) is 2.97. The van der Waals surface area contributed by atoms with E-state index in [4.69, 9.17) is 25.8 Å². The first-order chi connectivity index (χ1) is 14.6. The van der Waals surface area contributed by atoms with Crippen molar-refractivity contribution in [3.05, 3.63) is 69.9 Å². The molecule has 2 unspecified atom stereocenters. The van der Waals surface area contributed by atoms with Gasteiger partial charge < -0.3 is 19.2 Å². The molecular weight excluding hydrogens is 404 g/mol. The number of halogens is 1. The van der Waals surface area contributed by atoms with Gasteiger partial charge in [0.2, 0.25) is 0 Å². The van der Waals surface area contributed by atoms with Crippen LogP contribution in [0.1, 0.15) is 35.2 Å². The van der Waals surface area contributed by atoms with Crippen molar-refractivity contribution in [2.75, 3.05) is 20.3 Å². The minimum Gasteiger partial charge on any atom is -0.435 e. The summed E-state index contributed by atoms with van der Waals surface area (Å²) in [5, 5.41) is 5.16. The van der Waals surface area contributed by atoms with E-state index in [0.29, 0.717) is 19.6 Å². The van der Waals surface area contributed by atoms with E-state index in [0.717, 1.165) is 38.3 Å². The molecule has 3 aromatic rings. The van der Waals surface area contributed by atoms with E-state index in [1.165, 1.54) is 0 Å². The van der Waals surface area contributed by atoms with Crippen LogP contribution < -0.4 is 5.32 Å². The zero-order chi connectivity index (χ0) is 21.1. The lowest BCUT2D eigenvalue weighted by molar-refractivity contribution is -0.0130. The first-order valence-electron chi connectivity index (χ1n) is 10.0. The molecule has 0 aliphatic carbocycles. The topological polar surface area (TPSA) is 72.6 Å². The van der Waals surface area contributed by atoms with Crippen LogP contribution in [0.2, 0.25) is 5.02 Å². The lowest BCUT2D eigenvalue weighted by Gasteiger charge is -2.32. The van der Waals surface area contributed by atoms with E-state index in [1.54, 1.807) is 14.0 Å². The highest BCUT2D eigenvalue weighted by molar-refractivity contribution is 6.31. The molecule has 0 fully saturated rings. The van der Waals surface area contributed by atoms with Crippen molar-refractivity contribution in [2.45, 2.75) is 32.0 Å². The molecule has 2 atom stereocenters. The molecule has 2 aromatic carbocycles. The zero-order valence-corrected chi connectivity index (χ0v) is 17.8. The summed E-state index contributed by atoms with van der Waals surface area (Å²) in [7, 11) is 1.65. The molecule has 0 radical (unpaired) electrons. The maximum Gasteiger partial charge on any atom is 0.509 e. The number of benzene rings is 2. The Labute approximate surface area is 180 Å². The molecule has 0 saturated carbocycles. The molecule has 158 valence electrons. The predicted molar refractivity (Wildman–Crippen MR) is 116 cm³/mol. The molecule has 0 bridgehead atoms. The largest absolute Gasteiger partial charge is 0.509 e. The highest BCUT2D eigenvalue weighted by atomic mass is 35.5. The molecular formula is C23H25ClN2O4. The fraction of sp³-hybridized carbons (Fsp3) is 0.348. The number of carbonyl (C=O) groups is 1. The van der Waals surface area contributed by atoms with Gasteiger partial charge in [-0.1, -0.05) is 41.9 Å². The second kappa shape index (κ2) is 9.08. The van der Waals surface area contributed by atoms with Gasteiger partial charge in [0, 0.05) is 35.3 Å². The van der Waals surface area contributed by atoms with E-state index in [-0.39, 0.29) is 12.5 Å². The van der Waals surface area contributed by atoms with Crippen LogP contribution in [-0.2, 0) is 27.2 Å². The standard InChI is InChI=1S/C23H25ClN2O4/c1-3-29-23(27)30-22-16(13-28-2)21-19(12-25-22)26-18-10-6-8-15(20(18)21)11-14-7-4-5-9-17(14)24/h4-10,16,22,25-26H,3,11-13H2,1-2H3. The Hall–Kier alpha value is -2.54. The third-order valence-corrected chi connectivity index (χ3v) is 5.79. The molecule has 2 heterocycles. The van der Waals surface area contributed by atoms with Crippen LogP contribution in [0.15, 0.2) is 42.5 Å². The normalized spacial score (nSPS) is 18.2. The Kier molecular flexibility index (Phi) is 6.27. The second-order valence-electron chi connectivity index (χ2n) is 7.29. The summed E-state index contributed by atoms with van der Waals surface area (Å²) in [6.07, 6.45) is -0.516. The quantitative estimate of drug-likeness (QED) is 0.554. The molecule has 4 rings (SSSR count). The van der Waals surface area contributed by atoms with Gasteiger partial charge in [0.25, 0.3) is 0 Å². The number of rotatable bonds is 6. The van der Waals surface area contributed by atoms with Crippen molar-refractivity contribution in [1.82, 2.24) is 10.3 Å². The summed E-state index contributed by atoms with van der Waals surface area (Å²) < 4.78 is 16.0. The van der Waals surface area contributed by atoms with Crippen molar-refractivity contribution < 1.29 is 19.0 Å². The van der Waals surface area contributed by atoms with Gasteiger partial charge in [-0.3, -0.25) is 5.32 Å². The summed E-state index contributed by atoms with van der Waals surface area (Å²) in [4.78, 5) is 15.5. The third kappa shape index (κ3) is 4.03. The van der Waals surface area contributed by atoms with Gasteiger partial charge in [0.15, 0.2) is 6.23 Å². The highest BCUT2D eigenvalue weighted by Gasteiger charge is 2.36. The van der Waals surface area contributed by atoms with Gasteiger partial charge in [0.05, 0.1) is 19.1 Å². The predicted octanol–water partition coefficient (Wildman–Crippen LogP) is 4.74.